The number of pyridine rings is 1. The molecule has 1 aromatic heterocycles. The minimum Gasteiger partial charge on any atom is -0.488 e. The van der Waals surface area contributed by atoms with Crippen molar-refractivity contribution in [3.63, 3.8) is 0 Å². The van der Waals surface area contributed by atoms with Crippen LogP contribution in [0.15, 0.2) is 36.5 Å². The van der Waals surface area contributed by atoms with Crippen molar-refractivity contribution in [2.24, 2.45) is 0 Å². The number of nitrogens with one attached hydrogen (secondary N) is 1. The van der Waals surface area contributed by atoms with Gasteiger partial charge in [0.2, 0.25) is 0 Å². The number of hydrogen-bond donors (Lipinski definition) is 3. The van der Waals surface area contributed by atoms with Crippen LogP contribution >= 0.6 is 0 Å². The molecule has 2 heterocycles. The van der Waals surface area contributed by atoms with Gasteiger partial charge in [0.15, 0.2) is 0 Å². The Balaban J connectivity index is 1.61. The maximum Gasteiger partial charge on any atom is 0.129 e. The molecule has 1 unspecified atom stereocenters. The molecule has 0 radical (unpaired) electrons. The number of benzene rings is 1. The lowest BCUT2D eigenvalue weighted by Crippen LogP contribution is -2.28. The third kappa shape index (κ3) is 3.62. The maximum atomic E-state index is 9.91. The highest BCUT2D eigenvalue weighted by molar-refractivity contribution is 6.14. The zero-order valence-corrected chi connectivity index (χ0v) is 15.8. The monoisotopic (exact) mass is 366 g/mol. The van der Waals surface area contributed by atoms with Crippen LogP contribution in [0.25, 0.3) is 0 Å². The van der Waals surface area contributed by atoms with Gasteiger partial charge in [-0.15, -0.1) is 0 Å². The van der Waals surface area contributed by atoms with E-state index in [2.05, 4.69) is 23.7 Å². The molecule has 1 saturated carbocycles. The van der Waals surface area contributed by atoms with Crippen LogP contribution in [-0.2, 0) is 0 Å². The molecule has 2 fully saturated rings. The summed E-state index contributed by atoms with van der Waals surface area (Å²) in [7, 11) is 0. The summed E-state index contributed by atoms with van der Waals surface area (Å²) in [6.45, 7) is 4.73. The van der Waals surface area contributed by atoms with Gasteiger partial charge in [-0.3, -0.25) is 5.41 Å². The minimum absolute atomic E-state index is 0.0772. The smallest absolute Gasteiger partial charge is 0.129 e. The molecule has 1 aliphatic carbocycles. The molecule has 27 heavy (non-hydrogen) atoms. The molecule has 2 aromatic rings. The highest BCUT2D eigenvalue weighted by Crippen LogP contribution is 2.40. The number of nitrogen functional groups attached to an aromatic ring is 1. The van der Waals surface area contributed by atoms with Gasteiger partial charge in [-0.05, 0) is 63.4 Å². The lowest BCUT2D eigenvalue weighted by atomic mass is 10.0. The molecule has 1 saturated heterocycles. The van der Waals surface area contributed by atoms with Crippen LogP contribution in [0, 0.1) is 5.41 Å². The Morgan fingerprint density at radius 3 is 2.78 bits per heavy atom. The van der Waals surface area contributed by atoms with Crippen LogP contribution in [0.5, 0.6) is 5.75 Å². The average Bonchev–Trinajstić information content (AvgIpc) is 3.27. The highest BCUT2D eigenvalue weighted by Gasteiger charge is 2.40. The molecular formula is C21H26N4O2. The van der Waals surface area contributed by atoms with Crippen molar-refractivity contribution in [3.8, 4) is 5.75 Å². The van der Waals surface area contributed by atoms with Gasteiger partial charge in [-0.1, -0.05) is 0 Å². The first kappa shape index (κ1) is 17.8. The average molecular weight is 366 g/mol. The van der Waals surface area contributed by atoms with E-state index in [4.69, 9.17) is 15.9 Å². The van der Waals surface area contributed by atoms with E-state index >= 15 is 0 Å². The summed E-state index contributed by atoms with van der Waals surface area (Å²) in [6.07, 6.45) is 4.21. The highest BCUT2D eigenvalue weighted by atomic mass is 16.5. The van der Waals surface area contributed by atoms with Crippen LogP contribution in [-0.4, -0.2) is 40.1 Å². The first-order chi connectivity index (χ1) is 12.8. The molecule has 2 aliphatic rings. The summed E-state index contributed by atoms with van der Waals surface area (Å²) in [5.41, 5.74) is 8.37. The first-order valence-electron chi connectivity index (χ1n) is 9.43. The van der Waals surface area contributed by atoms with E-state index in [1.54, 1.807) is 12.3 Å². The van der Waals surface area contributed by atoms with Gasteiger partial charge in [0.05, 0.1) is 11.8 Å². The molecule has 6 heteroatoms. The van der Waals surface area contributed by atoms with Gasteiger partial charge in [0.25, 0.3) is 0 Å². The molecule has 4 N–H and O–H groups in total. The van der Waals surface area contributed by atoms with Crippen molar-refractivity contribution < 1.29 is 9.84 Å². The summed E-state index contributed by atoms with van der Waals surface area (Å²) in [5, 5.41) is 18.6. The van der Waals surface area contributed by atoms with E-state index in [-0.39, 0.29) is 17.7 Å². The summed E-state index contributed by atoms with van der Waals surface area (Å²) in [6, 6.07) is 9.44. The summed E-state index contributed by atoms with van der Waals surface area (Å²) in [4.78, 5) is 6.52. The zero-order valence-electron chi connectivity index (χ0n) is 15.8. The van der Waals surface area contributed by atoms with Crippen LogP contribution < -0.4 is 15.4 Å². The number of ether oxygens (including phenoxy) is 1. The fraction of sp³-hybridized carbons (Fsp3) is 0.429. The normalized spacial score (nSPS) is 23.3. The van der Waals surface area contributed by atoms with Crippen molar-refractivity contribution in [3.05, 3.63) is 47.7 Å². The number of hydrogen-bond acceptors (Lipinski definition) is 6. The Morgan fingerprint density at radius 1 is 1.33 bits per heavy atom. The fourth-order valence-corrected chi connectivity index (χ4v) is 3.59. The number of aliphatic hydroxyl groups is 1. The molecule has 0 bridgehead atoms. The maximum absolute atomic E-state index is 9.91. The lowest BCUT2D eigenvalue weighted by Gasteiger charge is -2.23. The number of nitrogens with two attached hydrogens (primary N) is 1. The predicted octanol–water partition coefficient (Wildman–Crippen LogP) is 2.97. The second kappa shape index (κ2) is 6.53. The van der Waals surface area contributed by atoms with E-state index < -0.39 is 0 Å². The summed E-state index contributed by atoms with van der Waals surface area (Å²) >= 11 is 0. The Kier molecular flexibility index (Phi) is 4.30. The molecule has 1 aromatic carbocycles. The summed E-state index contributed by atoms with van der Waals surface area (Å²) in [5.74, 6) is 1.52. The SMILES string of the molecule is CC1C[C@@H](O)CN1c1cc(C(=N)c2cc(OC3(C)CC3)ccc2N)ccn1. The largest absolute Gasteiger partial charge is 0.488 e. The van der Waals surface area contributed by atoms with E-state index in [9.17, 15) is 5.11 Å². The summed E-state index contributed by atoms with van der Waals surface area (Å²) < 4.78 is 6.02. The third-order valence-corrected chi connectivity index (χ3v) is 5.49. The van der Waals surface area contributed by atoms with Crippen LogP contribution in [0.2, 0.25) is 0 Å². The second-order valence-corrected chi connectivity index (χ2v) is 7.97. The van der Waals surface area contributed by atoms with Crippen molar-refractivity contribution in [2.75, 3.05) is 17.2 Å². The minimum atomic E-state index is -0.335. The molecule has 142 valence electrons. The van der Waals surface area contributed by atoms with Crippen molar-refractivity contribution >= 4 is 17.2 Å². The molecular weight excluding hydrogens is 340 g/mol. The van der Waals surface area contributed by atoms with Gasteiger partial charge in [-0.25, -0.2) is 4.98 Å². The van der Waals surface area contributed by atoms with Crippen LogP contribution in [0.4, 0.5) is 11.5 Å². The van der Waals surface area contributed by atoms with Gasteiger partial charge >= 0.3 is 0 Å². The number of nitrogens with zero attached hydrogens (tertiary/aromatic N) is 2. The molecule has 0 spiro atoms. The molecule has 1 aliphatic heterocycles. The Labute approximate surface area is 159 Å². The number of β-amino-alcohol motifs (C(OH)–C–C–N with tert-alkyl or cyclic N) is 1. The standard InChI is InChI=1S/C21H26N4O2/c1-13-9-15(26)12-25(13)19-10-14(5-8-24-19)20(23)17-11-16(3-4-18(17)22)27-21(2)6-7-21/h3-5,8,10-11,13,15,23,26H,6-7,9,12,22H2,1-2H3/t13?,15-/m1/s1. The predicted molar refractivity (Wildman–Crippen MR) is 107 cm³/mol. The van der Waals surface area contributed by atoms with E-state index in [0.29, 0.717) is 23.5 Å². The van der Waals surface area contributed by atoms with Crippen molar-refractivity contribution in [1.82, 2.24) is 4.98 Å². The third-order valence-electron chi connectivity index (χ3n) is 5.49. The fourth-order valence-electron chi connectivity index (χ4n) is 3.59. The number of rotatable bonds is 5. The molecule has 4 rings (SSSR count). The van der Waals surface area contributed by atoms with Crippen LogP contribution in [0.3, 0.4) is 0 Å². The van der Waals surface area contributed by atoms with E-state index in [0.717, 1.165) is 36.4 Å². The van der Waals surface area contributed by atoms with Gasteiger partial charge in [0.1, 0.15) is 17.2 Å². The van der Waals surface area contributed by atoms with Gasteiger partial charge in [0, 0.05) is 35.6 Å². The number of aromatic nitrogens is 1. The quantitative estimate of drug-likeness (QED) is 0.558. The van der Waals surface area contributed by atoms with Crippen LogP contribution in [0.1, 0.15) is 44.2 Å². The number of aliphatic hydroxyl groups excluding tert-OH is 1. The Bertz CT molecular complexity index is 878. The topological polar surface area (TPSA) is 95.5 Å². The molecule has 2 atom stereocenters. The molecule has 6 nitrogen and oxygen atoms in total. The molecule has 0 amide bonds. The van der Waals surface area contributed by atoms with E-state index in [1.165, 1.54) is 0 Å². The first-order valence-corrected chi connectivity index (χ1v) is 9.43. The Hall–Kier alpha value is -2.60. The van der Waals surface area contributed by atoms with Crippen molar-refractivity contribution in [1.29, 1.82) is 5.41 Å². The number of anilines is 2. The lowest BCUT2D eigenvalue weighted by molar-refractivity contribution is 0.195. The zero-order chi connectivity index (χ0) is 19.2. The van der Waals surface area contributed by atoms with Crippen molar-refractivity contribution in [2.45, 2.75) is 50.9 Å². The Morgan fingerprint density at radius 2 is 2.11 bits per heavy atom. The van der Waals surface area contributed by atoms with Gasteiger partial charge < -0.3 is 20.5 Å². The van der Waals surface area contributed by atoms with Gasteiger partial charge in [-0.2, -0.15) is 0 Å². The second-order valence-electron chi connectivity index (χ2n) is 7.97. The van der Waals surface area contributed by atoms with E-state index in [1.807, 2.05) is 24.3 Å².